The second-order valence-electron chi connectivity index (χ2n) is 5.35. The summed E-state index contributed by atoms with van der Waals surface area (Å²) in [7, 11) is 3.98. The zero-order valence-electron chi connectivity index (χ0n) is 11.7. The molecule has 3 nitrogen and oxygen atoms in total. The highest BCUT2D eigenvalue weighted by Crippen LogP contribution is 2.29. The van der Waals surface area contributed by atoms with E-state index < -0.39 is 0 Å². The van der Waals surface area contributed by atoms with Crippen molar-refractivity contribution in [3.63, 3.8) is 0 Å². The molecule has 0 fully saturated rings. The van der Waals surface area contributed by atoms with Crippen molar-refractivity contribution in [3.05, 3.63) is 41.2 Å². The topological polar surface area (TPSA) is 29.9 Å². The summed E-state index contributed by atoms with van der Waals surface area (Å²) in [5, 5.41) is 7.79. The highest BCUT2D eigenvalue weighted by Gasteiger charge is 2.14. The SMILES string of the molecule is CNCCc1nn(C)cc1-c1ccc2c(c1)CCC2. The van der Waals surface area contributed by atoms with Gasteiger partial charge in [-0.3, -0.25) is 4.68 Å². The number of nitrogens with zero attached hydrogens (tertiary/aromatic N) is 2. The van der Waals surface area contributed by atoms with Crippen LogP contribution in [0.25, 0.3) is 11.1 Å². The Bertz CT molecular complexity index is 584. The van der Waals surface area contributed by atoms with Crippen LogP contribution in [-0.4, -0.2) is 23.4 Å². The van der Waals surface area contributed by atoms with Crippen molar-refractivity contribution < 1.29 is 0 Å². The minimum atomic E-state index is 0.967. The van der Waals surface area contributed by atoms with Gasteiger partial charge in [0, 0.05) is 31.8 Å². The fourth-order valence-electron chi connectivity index (χ4n) is 2.94. The maximum atomic E-state index is 4.59. The number of hydrogen-bond acceptors (Lipinski definition) is 2. The number of likely N-dealkylation sites (N-methyl/N-ethyl adjacent to an activating group) is 1. The Balaban J connectivity index is 1.97. The predicted molar refractivity (Wildman–Crippen MR) is 78.3 cm³/mol. The molecular weight excluding hydrogens is 234 g/mol. The lowest BCUT2D eigenvalue weighted by Gasteiger charge is -2.05. The Morgan fingerprint density at radius 2 is 2.11 bits per heavy atom. The summed E-state index contributed by atoms with van der Waals surface area (Å²) in [6, 6.07) is 6.92. The van der Waals surface area contributed by atoms with E-state index in [9.17, 15) is 0 Å². The number of nitrogens with one attached hydrogen (secondary N) is 1. The van der Waals surface area contributed by atoms with Crippen LogP contribution in [0.1, 0.15) is 23.2 Å². The zero-order valence-corrected chi connectivity index (χ0v) is 11.7. The van der Waals surface area contributed by atoms with E-state index in [2.05, 4.69) is 34.8 Å². The Labute approximate surface area is 114 Å². The molecule has 0 radical (unpaired) electrons. The average molecular weight is 255 g/mol. The molecule has 2 aromatic rings. The predicted octanol–water partition coefficient (Wildman–Crippen LogP) is 2.34. The first-order chi connectivity index (χ1) is 9.28. The van der Waals surface area contributed by atoms with Crippen LogP contribution in [0.2, 0.25) is 0 Å². The monoisotopic (exact) mass is 255 g/mol. The molecule has 1 heterocycles. The van der Waals surface area contributed by atoms with E-state index in [1.54, 1.807) is 0 Å². The van der Waals surface area contributed by atoms with E-state index in [-0.39, 0.29) is 0 Å². The normalized spacial score (nSPS) is 13.8. The van der Waals surface area contributed by atoms with Crippen LogP contribution in [-0.2, 0) is 26.3 Å². The largest absolute Gasteiger partial charge is 0.319 e. The number of aryl methyl sites for hydroxylation is 3. The third-order valence-corrected chi connectivity index (χ3v) is 3.93. The third-order valence-electron chi connectivity index (χ3n) is 3.93. The Morgan fingerprint density at radius 1 is 1.26 bits per heavy atom. The smallest absolute Gasteiger partial charge is 0.0715 e. The first kappa shape index (κ1) is 12.4. The lowest BCUT2D eigenvalue weighted by Crippen LogP contribution is -2.11. The minimum Gasteiger partial charge on any atom is -0.319 e. The zero-order chi connectivity index (χ0) is 13.2. The summed E-state index contributed by atoms with van der Waals surface area (Å²) in [5.74, 6) is 0. The molecular formula is C16H21N3. The number of rotatable bonds is 4. The van der Waals surface area contributed by atoms with Crippen LogP contribution < -0.4 is 5.32 Å². The maximum absolute atomic E-state index is 4.59. The van der Waals surface area contributed by atoms with Gasteiger partial charge in [0.1, 0.15) is 0 Å². The number of fused-ring (bicyclic) bond motifs is 1. The molecule has 0 aliphatic heterocycles. The number of aromatic nitrogens is 2. The van der Waals surface area contributed by atoms with E-state index in [1.165, 1.54) is 47.2 Å². The first-order valence-corrected chi connectivity index (χ1v) is 7.07. The van der Waals surface area contributed by atoms with Crippen molar-refractivity contribution in [2.24, 2.45) is 7.05 Å². The second kappa shape index (κ2) is 5.17. The van der Waals surface area contributed by atoms with Gasteiger partial charge in [-0.1, -0.05) is 18.2 Å². The van der Waals surface area contributed by atoms with E-state index in [0.29, 0.717) is 0 Å². The van der Waals surface area contributed by atoms with Crippen LogP contribution in [0.3, 0.4) is 0 Å². The molecule has 0 saturated carbocycles. The van der Waals surface area contributed by atoms with Crippen LogP contribution in [0.5, 0.6) is 0 Å². The first-order valence-electron chi connectivity index (χ1n) is 7.07. The van der Waals surface area contributed by atoms with Gasteiger partial charge in [0.15, 0.2) is 0 Å². The Hall–Kier alpha value is -1.61. The Morgan fingerprint density at radius 3 is 2.95 bits per heavy atom. The van der Waals surface area contributed by atoms with Crippen LogP contribution >= 0.6 is 0 Å². The molecule has 3 rings (SSSR count). The molecule has 1 aliphatic carbocycles. The molecule has 1 aromatic carbocycles. The number of hydrogen-bond donors (Lipinski definition) is 1. The van der Waals surface area contributed by atoms with Gasteiger partial charge in [0.25, 0.3) is 0 Å². The lowest BCUT2D eigenvalue weighted by molar-refractivity contribution is 0.717. The number of benzene rings is 1. The summed E-state index contributed by atoms with van der Waals surface area (Å²) in [6.45, 7) is 0.967. The van der Waals surface area contributed by atoms with Crippen LogP contribution in [0.15, 0.2) is 24.4 Å². The van der Waals surface area contributed by atoms with E-state index in [0.717, 1.165) is 13.0 Å². The molecule has 100 valence electrons. The summed E-state index contributed by atoms with van der Waals surface area (Å²) < 4.78 is 1.92. The van der Waals surface area contributed by atoms with Gasteiger partial charge in [0.2, 0.25) is 0 Å². The molecule has 1 aromatic heterocycles. The highest BCUT2D eigenvalue weighted by molar-refractivity contribution is 5.67. The van der Waals surface area contributed by atoms with Gasteiger partial charge in [-0.2, -0.15) is 5.10 Å². The van der Waals surface area contributed by atoms with E-state index >= 15 is 0 Å². The maximum Gasteiger partial charge on any atom is 0.0715 e. The van der Waals surface area contributed by atoms with Gasteiger partial charge < -0.3 is 5.32 Å². The Kier molecular flexibility index (Phi) is 3.38. The van der Waals surface area contributed by atoms with Crippen molar-refractivity contribution >= 4 is 0 Å². The van der Waals surface area contributed by atoms with Crippen molar-refractivity contribution in [2.75, 3.05) is 13.6 Å². The molecule has 0 bridgehead atoms. The molecule has 1 N–H and O–H groups in total. The molecule has 19 heavy (non-hydrogen) atoms. The molecule has 0 atom stereocenters. The molecule has 1 aliphatic rings. The minimum absolute atomic E-state index is 0.967. The van der Waals surface area contributed by atoms with E-state index in [4.69, 9.17) is 0 Å². The third kappa shape index (κ3) is 2.43. The molecule has 0 saturated heterocycles. The molecule has 0 spiro atoms. The van der Waals surface area contributed by atoms with Crippen LogP contribution in [0.4, 0.5) is 0 Å². The van der Waals surface area contributed by atoms with Crippen molar-refractivity contribution in [1.82, 2.24) is 15.1 Å². The lowest BCUT2D eigenvalue weighted by atomic mass is 10.00. The molecule has 0 unspecified atom stereocenters. The van der Waals surface area contributed by atoms with Crippen molar-refractivity contribution in [2.45, 2.75) is 25.7 Å². The molecule has 3 heteroatoms. The van der Waals surface area contributed by atoms with Gasteiger partial charge in [-0.05, 0) is 43.0 Å². The highest BCUT2D eigenvalue weighted by atomic mass is 15.3. The van der Waals surface area contributed by atoms with Gasteiger partial charge in [-0.25, -0.2) is 0 Å². The summed E-state index contributed by atoms with van der Waals surface area (Å²) >= 11 is 0. The average Bonchev–Trinajstić information content (AvgIpc) is 3.01. The fourth-order valence-corrected chi connectivity index (χ4v) is 2.94. The van der Waals surface area contributed by atoms with Crippen molar-refractivity contribution in [3.8, 4) is 11.1 Å². The fraction of sp³-hybridized carbons (Fsp3) is 0.438. The summed E-state index contributed by atoms with van der Waals surface area (Å²) in [4.78, 5) is 0. The summed E-state index contributed by atoms with van der Waals surface area (Å²) in [5.41, 5.74) is 6.85. The van der Waals surface area contributed by atoms with Gasteiger partial charge in [-0.15, -0.1) is 0 Å². The van der Waals surface area contributed by atoms with E-state index in [1.807, 2.05) is 18.8 Å². The van der Waals surface area contributed by atoms with Gasteiger partial charge >= 0.3 is 0 Å². The quantitative estimate of drug-likeness (QED) is 0.909. The second-order valence-corrected chi connectivity index (χ2v) is 5.35. The summed E-state index contributed by atoms with van der Waals surface area (Å²) in [6.07, 6.45) is 6.90. The molecule has 0 amide bonds. The van der Waals surface area contributed by atoms with Crippen LogP contribution in [0, 0.1) is 0 Å². The van der Waals surface area contributed by atoms with Gasteiger partial charge in [0.05, 0.1) is 5.69 Å². The standard InChI is InChI=1S/C16H21N3/c1-17-9-8-16-15(11-19(2)18-16)14-7-6-12-4-3-5-13(12)10-14/h6-7,10-11,17H,3-5,8-9H2,1-2H3. The van der Waals surface area contributed by atoms with Crippen molar-refractivity contribution in [1.29, 1.82) is 0 Å².